The lowest BCUT2D eigenvalue weighted by Gasteiger charge is -2.11. The minimum absolute atomic E-state index is 0.115. The fraction of sp³-hybridized carbons (Fsp3) is 0.714. The van der Waals surface area contributed by atoms with E-state index in [0.717, 1.165) is 0 Å². The monoisotopic (exact) mass is 214 g/mol. The number of nitrogen functional groups attached to an aromatic ring is 1. The number of anilines is 1. The van der Waals surface area contributed by atoms with E-state index in [1.165, 1.54) is 4.68 Å². The van der Waals surface area contributed by atoms with Gasteiger partial charge in [-0.05, 0) is 17.4 Å². The Balaban J connectivity index is 2.50. The summed E-state index contributed by atoms with van der Waals surface area (Å²) in [5.41, 5.74) is 5.46. The highest BCUT2D eigenvalue weighted by atomic mass is 16.5. The van der Waals surface area contributed by atoms with Crippen molar-refractivity contribution in [1.29, 1.82) is 0 Å². The number of hydrogen-bond acceptors (Lipinski definition) is 6. The number of methoxy groups -OCH3 is 1. The smallest absolute Gasteiger partial charge is 0.244 e. The number of hydrogen-bond donors (Lipinski definition) is 2. The van der Waals surface area contributed by atoms with Gasteiger partial charge in [0.2, 0.25) is 11.9 Å². The van der Waals surface area contributed by atoms with E-state index in [4.69, 9.17) is 10.5 Å². The van der Waals surface area contributed by atoms with E-state index in [-0.39, 0.29) is 11.9 Å². The van der Waals surface area contributed by atoms with Crippen molar-refractivity contribution in [2.75, 3.05) is 26.0 Å². The summed E-state index contributed by atoms with van der Waals surface area (Å²) in [7, 11) is 1.56. The van der Waals surface area contributed by atoms with E-state index in [9.17, 15) is 4.79 Å². The van der Waals surface area contributed by atoms with Crippen molar-refractivity contribution in [3.05, 3.63) is 0 Å². The van der Waals surface area contributed by atoms with E-state index < -0.39 is 6.04 Å². The summed E-state index contributed by atoms with van der Waals surface area (Å²) in [5, 5.41) is 13.1. The summed E-state index contributed by atoms with van der Waals surface area (Å²) in [6.07, 6.45) is 0. The second-order valence-corrected chi connectivity index (χ2v) is 2.94. The maximum atomic E-state index is 11.5. The first-order valence-electron chi connectivity index (χ1n) is 4.46. The molecule has 0 aromatic carbocycles. The zero-order valence-corrected chi connectivity index (χ0v) is 8.67. The van der Waals surface area contributed by atoms with E-state index in [1.807, 2.05) is 0 Å². The minimum atomic E-state index is -0.531. The van der Waals surface area contributed by atoms with Crippen molar-refractivity contribution in [3.8, 4) is 0 Å². The molecule has 0 aliphatic rings. The van der Waals surface area contributed by atoms with Gasteiger partial charge < -0.3 is 15.8 Å². The van der Waals surface area contributed by atoms with Crippen LogP contribution in [-0.4, -0.2) is 46.4 Å². The third-order valence-corrected chi connectivity index (χ3v) is 1.87. The number of rotatable bonds is 5. The van der Waals surface area contributed by atoms with Crippen LogP contribution in [0.15, 0.2) is 0 Å². The Labute approximate surface area is 86.8 Å². The zero-order chi connectivity index (χ0) is 11.3. The molecule has 0 spiro atoms. The summed E-state index contributed by atoms with van der Waals surface area (Å²) >= 11 is 0. The van der Waals surface area contributed by atoms with Gasteiger partial charge in [0.1, 0.15) is 6.04 Å². The van der Waals surface area contributed by atoms with E-state index in [2.05, 4.69) is 20.8 Å². The van der Waals surface area contributed by atoms with Crippen molar-refractivity contribution in [1.82, 2.24) is 25.5 Å². The molecule has 8 heteroatoms. The Morgan fingerprint density at radius 3 is 3.00 bits per heavy atom. The zero-order valence-electron chi connectivity index (χ0n) is 8.67. The number of ether oxygens (including phenoxy) is 1. The van der Waals surface area contributed by atoms with Gasteiger partial charge in [-0.15, -0.1) is 0 Å². The molecule has 1 heterocycles. The molecule has 1 unspecified atom stereocenters. The number of nitrogens with zero attached hydrogens (tertiary/aromatic N) is 4. The summed E-state index contributed by atoms with van der Waals surface area (Å²) < 4.78 is 6.05. The lowest BCUT2D eigenvalue weighted by Crippen LogP contribution is -2.34. The third kappa shape index (κ3) is 2.88. The number of tetrazole rings is 1. The van der Waals surface area contributed by atoms with Crippen LogP contribution >= 0.6 is 0 Å². The van der Waals surface area contributed by atoms with E-state index >= 15 is 0 Å². The van der Waals surface area contributed by atoms with Crippen LogP contribution in [0.3, 0.4) is 0 Å². The molecule has 0 fully saturated rings. The number of carbonyl (C=O) groups is 1. The number of aromatic nitrogens is 4. The molecule has 0 aliphatic heterocycles. The van der Waals surface area contributed by atoms with Gasteiger partial charge in [-0.25, -0.2) is 0 Å². The highest BCUT2D eigenvalue weighted by molar-refractivity contribution is 5.80. The molecule has 15 heavy (non-hydrogen) atoms. The van der Waals surface area contributed by atoms with Gasteiger partial charge in [-0.3, -0.25) is 4.79 Å². The van der Waals surface area contributed by atoms with Crippen LogP contribution in [0.2, 0.25) is 0 Å². The SMILES string of the molecule is COCCNC(=O)C(C)n1nnnc1N. The minimum Gasteiger partial charge on any atom is -0.383 e. The standard InChI is InChI=1S/C7H14N6O2/c1-5(6(14)9-3-4-15-2)13-7(8)10-11-12-13/h5H,3-4H2,1-2H3,(H,9,14)(H2,8,10,12). The first-order valence-corrected chi connectivity index (χ1v) is 4.46. The predicted molar refractivity (Wildman–Crippen MR) is 51.8 cm³/mol. The Morgan fingerprint density at radius 2 is 2.47 bits per heavy atom. The van der Waals surface area contributed by atoms with Crippen LogP contribution in [0.4, 0.5) is 5.95 Å². The highest BCUT2D eigenvalue weighted by Crippen LogP contribution is 2.06. The molecule has 0 bridgehead atoms. The molecule has 1 amide bonds. The second kappa shape index (κ2) is 5.25. The highest BCUT2D eigenvalue weighted by Gasteiger charge is 2.17. The number of carbonyl (C=O) groups excluding carboxylic acids is 1. The summed E-state index contributed by atoms with van der Waals surface area (Å²) in [6, 6.07) is -0.531. The fourth-order valence-corrected chi connectivity index (χ4v) is 1.01. The van der Waals surface area contributed by atoms with Crippen LogP contribution in [0, 0.1) is 0 Å². The Hall–Kier alpha value is -1.70. The first-order chi connectivity index (χ1) is 7.16. The van der Waals surface area contributed by atoms with Crippen molar-refractivity contribution >= 4 is 11.9 Å². The van der Waals surface area contributed by atoms with Crippen molar-refractivity contribution in [2.45, 2.75) is 13.0 Å². The van der Waals surface area contributed by atoms with Crippen LogP contribution in [0.25, 0.3) is 0 Å². The lowest BCUT2D eigenvalue weighted by atomic mass is 10.3. The molecule has 0 aliphatic carbocycles. The maximum absolute atomic E-state index is 11.5. The topological polar surface area (TPSA) is 108 Å². The maximum Gasteiger partial charge on any atom is 0.244 e. The largest absolute Gasteiger partial charge is 0.383 e. The molecule has 1 aromatic heterocycles. The van der Waals surface area contributed by atoms with Crippen molar-refractivity contribution in [2.24, 2.45) is 0 Å². The van der Waals surface area contributed by atoms with Gasteiger partial charge in [0.15, 0.2) is 0 Å². The summed E-state index contributed by atoms with van der Waals surface area (Å²) in [6.45, 7) is 2.57. The van der Waals surface area contributed by atoms with Gasteiger partial charge >= 0.3 is 0 Å². The lowest BCUT2D eigenvalue weighted by molar-refractivity contribution is -0.124. The number of nitrogens with two attached hydrogens (primary N) is 1. The van der Waals surface area contributed by atoms with E-state index in [1.54, 1.807) is 14.0 Å². The van der Waals surface area contributed by atoms with Crippen LogP contribution in [0.1, 0.15) is 13.0 Å². The van der Waals surface area contributed by atoms with Crippen LogP contribution < -0.4 is 11.1 Å². The van der Waals surface area contributed by atoms with Gasteiger partial charge in [0.05, 0.1) is 6.61 Å². The third-order valence-electron chi connectivity index (χ3n) is 1.87. The Bertz CT molecular complexity index is 325. The molecule has 0 saturated heterocycles. The predicted octanol–water partition coefficient (Wildman–Crippen LogP) is -1.42. The van der Waals surface area contributed by atoms with Crippen LogP contribution in [-0.2, 0) is 9.53 Å². The normalized spacial score (nSPS) is 12.4. The van der Waals surface area contributed by atoms with Crippen LogP contribution in [0.5, 0.6) is 0 Å². The molecule has 1 aromatic rings. The average molecular weight is 214 g/mol. The van der Waals surface area contributed by atoms with Crippen molar-refractivity contribution < 1.29 is 9.53 Å². The molecular weight excluding hydrogens is 200 g/mol. The molecule has 84 valence electrons. The van der Waals surface area contributed by atoms with Gasteiger partial charge in [-0.2, -0.15) is 4.68 Å². The quantitative estimate of drug-likeness (QED) is 0.582. The summed E-state index contributed by atoms with van der Waals surface area (Å²) in [5.74, 6) is -0.0876. The van der Waals surface area contributed by atoms with E-state index in [0.29, 0.717) is 13.2 Å². The Kier molecular flexibility index (Phi) is 3.98. The molecule has 0 radical (unpaired) electrons. The Morgan fingerprint density at radius 1 is 1.73 bits per heavy atom. The van der Waals surface area contributed by atoms with Gasteiger partial charge in [0, 0.05) is 13.7 Å². The summed E-state index contributed by atoms with van der Waals surface area (Å²) in [4.78, 5) is 11.5. The molecule has 3 N–H and O–H groups in total. The molecule has 1 atom stereocenters. The second-order valence-electron chi connectivity index (χ2n) is 2.94. The number of amides is 1. The molecule has 1 rings (SSSR count). The molecular formula is C7H14N6O2. The molecule has 8 nitrogen and oxygen atoms in total. The number of nitrogens with one attached hydrogen (secondary N) is 1. The van der Waals surface area contributed by atoms with Crippen molar-refractivity contribution in [3.63, 3.8) is 0 Å². The first kappa shape index (κ1) is 11.4. The van der Waals surface area contributed by atoms with Gasteiger partial charge in [0.25, 0.3) is 0 Å². The fourth-order valence-electron chi connectivity index (χ4n) is 1.01. The van der Waals surface area contributed by atoms with Gasteiger partial charge in [-0.1, -0.05) is 5.10 Å². The molecule has 0 saturated carbocycles. The average Bonchev–Trinajstić information content (AvgIpc) is 2.63.